The molecule has 2 saturated heterocycles. The van der Waals surface area contributed by atoms with Gasteiger partial charge in [0.25, 0.3) is 5.91 Å². The van der Waals surface area contributed by atoms with Crippen LogP contribution in [0.1, 0.15) is 28.8 Å². The van der Waals surface area contributed by atoms with Crippen LogP contribution in [0.15, 0.2) is 48.9 Å². The van der Waals surface area contributed by atoms with E-state index < -0.39 is 11.7 Å². The maximum absolute atomic E-state index is 13.2. The minimum absolute atomic E-state index is 0.0828. The predicted octanol–water partition coefficient (Wildman–Crippen LogP) is 2.35. The van der Waals surface area contributed by atoms with Crippen LogP contribution in [0.5, 0.6) is 0 Å². The van der Waals surface area contributed by atoms with E-state index in [0.29, 0.717) is 30.3 Å². The number of carbonyl (C=O) groups is 1. The number of nitrogens with two attached hydrogens (primary N) is 1. The van der Waals surface area contributed by atoms with Gasteiger partial charge >= 0.3 is 6.18 Å². The smallest absolute Gasteiger partial charge is 0.347 e. The van der Waals surface area contributed by atoms with Crippen LogP contribution in [-0.2, 0) is 6.18 Å². The van der Waals surface area contributed by atoms with Gasteiger partial charge in [0.2, 0.25) is 5.82 Å². The second kappa shape index (κ2) is 8.46. The fourth-order valence-electron chi connectivity index (χ4n) is 4.28. The Bertz CT molecular complexity index is 995. The van der Waals surface area contributed by atoms with Crippen LogP contribution < -0.4 is 10.2 Å². The van der Waals surface area contributed by atoms with Gasteiger partial charge in [-0.1, -0.05) is 0 Å². The molecular formula is C21H22F3N6O+. The summed E-state index contributed by atoms with van der Waals surface area (Å²) >= 11 is 0. The molecule has 2 bridgehead atoms. The van der Waals surface area contributed by atoms with Gasteiger partial charge in [-0.2, -0.15) is 13.2 Å². The number of fused-ring (bicyclic) bond motifs is 2. The number of anilines is 1. The summed E-state index contributed by atoms with van der Waals surface area (Å²) in [5, 5.41) is 8.73. The summed E-state index contributed by atoms with van der Waals surface area (Å²) in [5.74, 6) is 0.665. The first-order chi connectivity index (χ1) is 14.9. The van der Waals surface area contributed by atoms with Crippen LogP contribution in [0.2, 0.25) is 0 Å². The molecule has 2 fully saturated rings. The van der Waals surface area contributed by atoms with Crippen molar-refractivity contribution in [2.24, 2.45) is 0 Å². The Kier molecular flexibility index (Phi) is 5.73. The molecule has 0 saturated carbocycles. The molecule has 2 unspecified atom stereocenters. The molecule has 2 atom stereocenters. The number of alkyl halides is 3. The lowest BCUT2D eigenvalue weighted by Gasteiger charge is -2.41. The number of nitrogens with zero attached hydrogens (tertiary/aromatic N) is 4. The van der Waals surface area contributed by atoms with E-state index in [2.05, 4.69) is 9.97 Å². The number of hydrogen-bond acceptors (Lipinski definition) is 5. The molecule has 10 heteroatoms. The molecule has 2 aliphatic rings. The van der Waals surface area contributed by atoms with Crippen molar-refractivity contribution in [3.8, 4) is 0 Å². The number of piperazine rings is 1. The number of likely N-dealkylation sites (tertiary alicyclic amines) is 1. The van der Waals surface area contributed by atoms with E-state index in [0.717, 1.165) is 31.2 Å². The number of rotatable bonds is 5. The average molecular weight is 431 g/mol. The lowest BCUT2D eigenvalue weighted by Crippen LogP contribution is -2.72. The zero-order valence-corrected chi connectivity index (χ0v) is 16.6. The van der Waals surface area contributed by atoms with Crippen LogP contribution in [0.3, 0.4) is 0 Å². The summed E-state index contributed by atoms with van der Waals surface area (Å²) in [7, 11) is 0. The molecule has 2 aromatic rings. The zero-order chi connectivity index (χ0) is 22.0. The third-order valence-electron chi connectivity index (χ3n) is 5.64. The highest BCUT2D eigenvalue weighted by Crippen LogP contribution is 2.37. The predicted molar refractivity (Wildman–Crippen MR) is 108 cm³/mol. The molecule has 31 heavy (non-hydrogen) atoms. The summed E-state index contributed by atoms with van der Waals surface area (Å²) in [6.07, 6.45) is 4.27. The molecule has 0 radical (unpaired) electrons. The maximum Gasteiger partial charge on any atom is 0.416 e. The summed E-state index contributed by atoms with van der Waals surface area (Å²) in [6, 6.07) is 5.30. The topological polar surface area (TPSA) is 89.8 Å². The monoisotopic (exact) mass is 431 g/mol. The van der Waals surface area contributed by atoms with Gasteiger partial charge in [0.15, 0.2) is 0 Å². The van der Waals surface area contributed by atoms with Crippen LogP contribution in [0.4, 0.5) is 24.8 Å². The molecule has 0 aliphatic carbocycles. The largest absolute Gasteiger partial charge is 0.416 e. The normalized spacial score (nSPS) is 21.0. The minimum atomic E-state index is -4.42. The van der Waals surface area contributed by atoms with Gasteiger partial charge in [0, 0.05) is 49.9 Å². The summed E-state index contributed by atoms with van der Waals surface area (Å²) in [4.78, 5) is 25.3. The first kappa shape index (κ1) is 21.0. The minimum Gasteiger partial charge on any atom is -0.347 e. The Labute approximate surface area is 177 Å². The average Bonchev–Trinajstić information content (AvgIpc) is 3.02. The molecule has 4 rings (SSSR count). The number of quaternary nitrogens is 1. The van der Waals surface area contributed by atoms with E-state index in [4.69, 9.17) is 5.41 Å². The first-order valence-electron chi connectivity index (χ1n) is 9.95. The number of amides is 1. The zero-order valence-electron chi connectivity index (χ0n) is 16.6. The summed E-state index contributed by atoms with van der Waals surface area (Å²) < 4.78 is 39.4. The van der Waals surface area contributed by atoms with Crippen molar-refractivity contribution in [1.29, 1.82) is 5.41 Å². The standard InChI is InChI=1S/C21H21F3N6O/c22-21(23,24)14-6-10-26-18(11-14)30-15-4-5-16(30)13-29(12-15)20(31)17-3-1-8-27-19(17)28-9-2-7-25/h1-3,6-11,15-16,25H,4-5,12-13H2,(H,27,28)/p+1/b9-2-,25-7?. The number of carbonyl (C=O) groups excluding carboxylic acids is 1. The van der Waals surface area contributed by atoms with Crippen molar-refractivity contribution < 1.29 is 23.3 Å². The Hall–Kier alpha value is -3.27. The number of hydrogen-bond donors (Lipinski definition) is 2. The molecule has 0 spiro atoms. The van der Waals surface area contributed by atoms with Gasteiger partial charge in [-0.3, -0.25) is 10.1 Å². The molecule has 7 nitrogen and oxygen atoms in total. The van der Waals surface area contributed by atoms with Crippen molar-refractivity contribution in [2.75, 3.05) is 18.0 Å². The van der Waals surface area contributed by atoms with Gasteiger partial charge < -0.3 is 15.2 Å². The quantitative estimate of drug-likeness (QED) is 0.712. The second-order valence-corrected chi connectivity index (χ2v) is 7.56. The Morgan fingerprint density at radius 2 is 1.90 bits per heavy atom. The SMILES string of the molecule is N=C/C=C\[NH2+]c1ncccc1C(=O)N1CC2CCC(C1)N2c1cc(C(F)(F)F)ccn1. The van der Waals surface area contributed by atoms with Crippen molar-refractivity contribution in [2.45, 2.75) is 31.1 Å². The number of allylic oxidation sites excluding steroid dienone is 1. The maximum atomic E-state index is 13.2. The fraction of sp³-hybridized carbons (Fsp3) is 0.333. The van der Waals surface area contributed by atoms with Crippen LogP contribution in [-0.4, -0.2) is 52.2 Å². The van der Waals surface area contributed by atoms with Crippen LogP contribution in [0, 0.1) is 5.41 Å². The molecular weight excluding hydrogens is 409 g/mol. The highest BCUT2D eigenvalue weighted by atomic mass is 19.4. The summed E-state index contributed by atoms with van der Waals surface area (Å²) in [6.45, 7) is 0.829. The number of nitrogens with one attached hydrogen (secondary N) is 1. The Morgan fingerprint density at radius 3 is 2.58 bits per heavy atom. The van der Waals surface area contributed by atoms with Gasteiger partial charge in [0.1, 0.15) is 17.6 Å². The van der Waals surface area contributed by atoms with Gasteiger partial charge in [0.05, 0.1) is 5.56 Å². The van der Waals surface area contributed by atoms with Crippen LogP contribution >= 0.6 is 0 Å². The van der Waals surface area contributed by atoms with E-state index in [9.17, 15) is 18.0 Å². The molecule has 1 amide bonds. The van der Waals surface area contributed by atoms with Gasteiger partial charge in [-0.15, -0.1) is 0 Å². The molecule has 0 aromatic carbocycles. The van der Waals surface area contributed by atoms with E-state index in [1.54, 1.807) is 34.7 Å². The number of aromatic nitrogens is 2. The second-order valence-electron chi connectivity index (χ2n) is 7.56. The van der Waals surface area contributed by atoms with Crippen molar-refractivity contribution in [3.05, 3.63) is 60.1 Å². The number of pyridine rings is 2. The van der Waals surface area contributed by atoms with E-state index in [1.165, 1.54) is 12.3 Å². The van der Waals surface area contributed by atoms with Crippen molar-refractivity contribution in [3.63, 3.8) is 0 Å². The first-order valence-corrected chi connectivity index (χ1v) is 9.95. The Balaban J connectivity index is 1.53. The van der Waals surface area contributed by atoms with Gasteiger partial charge in [-0.25, -0.2) is 9.97 Å². The third-order valence-corrected chi connectivity index (χ3v) is 5.64. The Morgan fingerprint density at radius 1 is 1.16 bits per heavy atom. The van der Waals surface area contributed by atoms with E-state index >= 15 is 0 Å². The number of halogens is 3. The third kappa shape index (κ3) is 4.29. The highest BCUT2D eigenvalue weighted by molar-refractivity contribution is 5.97. The molecule has 162 valence electrons. The lowest BCUT2D eigenvalue weighted by atomic mass is 10.1. The molecule has 4 heterocycles. The van der Waals surface area contributed by atoms with Gasteiger partial charge in [-0.05, 0) is 37.1 Å². The van der Waals surface area contributed by atoms with E-state index in [-0.39, 0.29) is 18.0 Å². The van der Waals surface area contributed by atoms with E-state index in [1.807, 2.05) is 4.90 Å². The molecule has 2 aromatic heterocycles. The van der Waals surface area contributed by atoms with Crippen LogP contribution in [0.25, 0.3) is 0 Å². The summed E-state index contributed by atoms with van der Waals surface area (Å²) in [5.41, 5.74) is -0.258. The molecule has 2 aliphatic heterocycles. The lowest BCUT2D eigenvalue weighted by molar-refractivity contribution is -0.500. The highest BCUT2D eigenvalue weighted by Gasteiger charge is 2.43. The fourth-order valence-corrected chi connectivity index (χ4v) is 4.28. The molecule has 3 N–H and O–H groups in total. The van der Waals surface area contributed by atoms with Crippen molar-refractivity contribution in [1.82, 2.24) is 14.9 Å². The van der Waals surface area contributed by atoms with Crippen molar-refractivity contribution >= 4 is 23.8 Å².